The third kappa shape index (κ3) is 3.95. The van der Waals surface area contributed by atoms with Crippen LogP contribution in [0.25, 0.3) is 0 Å². The first kappa shape index (κ1) is 15.4. The molecule has 106 valence electrons. The Balaban J connectivity index is 2.44. The number of unbranched alkanes of at least 4 members (excludes halogenated alkanes) is 2. The van der Waals surface area contributed by atoms with E-state index in [1.54, 1.807) is 0 Å². The monoisotopic (exact) mass is 256 g/mol. The highest BCUT2D eigenvalue weighted by Crippen LogP contribution is 2.34. The average Bonchev–Trinajstić information content (AvgIpc) is 2.43. The SMILES string of the molecule is CCC1(C(=O)N(C)CCCCCO)CCNCC1. The van der Waals surface area contributed by atoms with Gasteiger partial charge in [-0.2, -0.15) is 0 Å². The highest BCUT2D eigenvalue weighted by molar-refractivity contribution is 5.82. The summed E-state index contributed by atoms with van der Waals surface area (Å²) in [5.41, 5.74) is -0.128. The van der Waals surface area contributed by atoms with Crippen molar-refractivity contribution in [2.45, 2.75) is 45.4 Å². The van der Waals surface area contributed by atoms with Crippen molar-refractivity contribution in [3.8, 4) is 0 Å². The quantitative estimate of drug-likeness (QED) is 0.677. The van der Waals surface area contributed by atoms with Crippen LogP contribution >= 0.6 is 0 Å². The average molecular weight is 256 g/mol. The van der Waals surface area contributed by atoms with Crippen molar-refractivity contribution in [1.29, 1.82) is 0 Å². The first-order valence-corrected chi connectivity index (χ1v) is 7.23. The lowest BCUT2D eigenvalue weighted by Crippen LogP contribution is -2.48. The van der Waals surface area contributed by atoms with E-state index in [1.807, 2.05) is 11.9 Å². The molecule has 1 aliphatic heterocycles. The molecule has 0 radical (unpaired) electrons. The van der Waals surface area contributed by atoms with E-state index < -0.39 is 0 Å². The molecule has 1 rings (SSSR count). The number of piperidine rings is 1. The smallest absolute Gasteiger partial charge is 0.228 e. The third-order valence-electron chi connectivity index (χ3n) is 4.19. The van der Waals surface area contributed by atoms with Crippen LogP contribution in [-0.2, 0) is 4.79 Å². The van der Waals surface area contributed by atoms with Crippen molar-refractivity contribution < 1.29 is 9.90 Å². The molecule has 0 aromatic heterocycles. The second-order valence-corrected chi connectivity index (χ2v) is 5.39. The minimum atomic E-state index is -0.128. The lowest BCUT2D eigenvalue weighted by Gasteiger charge is -2.38. The van der Waals surface area contributed by atoms with E-state index in [0.29, 0.717) is 5.91 Å². The van der Waals surface area contributed by atoms with E-state index in [1.165, 1.54) is 0 Å². The van der Waals surface area contributed by atoms with Crippen molar-refractivity contribution in [1.82, 2.24) is 10.2 Å². The van der Waals surface area contributed by atoms with Gasteiger partial charge in [0.2, 0.25) is 5.91 Å². The summed E-state index contributed by atoms with van der Waals surface area (Å²) >= 11 is 0. The molecule has 0 atom stereocenters. The van der Waals surface area contributed by atoms with Crippen LogP contribution in [0.3, 0.4) is 0 Å². The normalized spacial score (nSPS) is 18.6. The maximum absolute atomic E-state index is 12.6. The van der Waals surface area contributed by atoms with Crippen LogP contribution in [0, 0.1) is 5.41 Å². The molecule has 0 bridgehead atoms. The number of hydrogen-bond donors (Lipinski definition) is 2. The van der Waals surface area contributed by atoms with Crippen LogP contribution in [0.1, 0.15) is 45.4 Å². The van der Waals surface area contributed by atoms with Crippen molar-refractivity contribution in [3.05, 3.63) is 0 Å². The molecule has 4 heteroatoms. The third-order valence-corrected chi connectivity index (χ3v) is 4.19. The van der Waals surface area contributed by atoms with E-state index >= 15 is 0 Å². The number of hydrogen-bond acceptors (Lipinski definition) is 3. The Morgan fingerprint density at radius 1 is 1.28 bits per heavy atom. The second kappa shape index (κ2) is 7.74. The lowest BCUT2D eigenvalue weighted by atomic mass is 9.75. The van der Waals surface area contributed by atoms with Crippen molar-refractivity contribution in [3.63, 3.8) is 0 Å². The largest absolute Gasteiger partial charge is 0.396 e. The molecular formula is C14H28N2O2. The molecular weight excluding hydrogens is 228 g/mol. The van der Waals surface area contributed by atoms with Gasteiger partial charge in [0.1, 0.15) is 0 Å². The van der Waals surface area contributed by atoms with Gasteiger partial charge < -0.3 is 15.3 Å². The van der Waals surface area contributed by atoms with E-state index in [9.17, 15) is 4.79 Å². The van der Waals surface area contributed by atoms with Gasteiger partial charge in [-0.25, -0.2) is 0 Å². The maximum Gasteiger partial charge on any atom is 0.228 e. The van der Waals surface area contributed by atoms with Crippen LogP contribution in [0.5, 0.6) is 0 Å². The summed E-state index contributed by atoms with van der Waals surface area (Å²) in [6.45, 7) is 5.11. The van der Waals surface area contributed by atoms with Gasteiger partial charge in [-0.3, -0.25) is 4.79 Å². The van der Waals surface area contributed by atoms with Gasteiger partial charge in [0.25, 0.3) is 0 Å². The predicted molar refractivity (Wildman–Crippen MR) is 73.4 cm³/mol. The molecule has 1 saturated heterocycles. The fraction of sp³-hybridized carbons (Fsp3) is 0.929. The second-order valence-electron chi connectivity index (χ2n) is 5.39. The predicted octanol–water partition coefficient (Wildman–Crippen LogP) is 1.39. The fourth-order valence-electron chi connectivity index (χ4n) is 2.77. The molecule has 1 fully saturated rings. The zero-order valence-corrected chi connectivity index (χ0v) is 11.9. The Hall–Kier alpha value is -0.610. The number of aliphatic hydroxyl groups excluding tert-OH is 1. The number of nitrogens with one attached hydrogen (secondary N) is 1. The van der Waals surface area contributed by atoms with Gasteiger partial charge in [-0.15, -0.1) is 0 Å². The van der Waals surface area contributed by atoms with Crippen molar-refractivity contribution in [2.24, 2.45) is 5.41 Å². The Morgan fingerprint density at radius 2 is 1.94 bits per heavy atom. The highest BCUT2D eigenvalue weighted by Gasteiger charge is 2.39. The number of amides is 1. The summed E-state index contributed by atoms with van der Waals surface area (Å²) in [5.74, 6) is 0.315. The van der Waals surface area contributed by atoms with Gasteiger partial charge >= 0.3 is 0 Å². The molecule has 1 amide bonds. The first-order chi connectivity index (χ1) is 8.66. The molecule has 1 heterocycles. The molecule has 2 N–H and O–H groups in total. The fourth-order valence-corrected chi connectivity index (χ4v) is 2.77. The molecule has 1 aliphatic rings. The Labute approximate surface area is 111 Å². The summed E-state index contributed by atoms with van der Waals surface area (Å²) in [5, 5.41) is 12.1. The summed E-state index contributed by atoms with van der Waals surface area (Å²) in [6, 6.07) is 0. The first-order valence-electron chi connectivity index (χ1n) is 7.23. The maximum atomic E-state index is 12.6. The van der Waals surface area contributed by atoms with Gasteiger partial charge in [-0.1, -0.05) is 6.92 Å². The molecule has 0 aromatic carbocycles. The topological polar surface area (TPSA) is 52.6 Å². The Morgan fingerprint density at radius 3 is 2.50 bits per heavy atom. The van der Waals surface area contributed by atoms with Gasteiger partial charge in [0.15, 0.2) is 0 Å². The van der Waals surface area contributed by atoms with E-state index in [2.05, 4.69) is 12.2 Å². The molecule has 4 nitrogen and oxygen atoms in total. The van der Waals surface area contributed by atoms with E-state index in [4.69, 9.17) is 5.11 Å². The van der Waals surface area contributed by atoms with Crippen LogP contribution < -0.4 is 5.32 Å². The van der Waals surface area contributed by atoms with Crippen molar-refractivity contribution in [2.75, 3.05) is 33.3 Å². The zero-order valence-electron chi connectivity index (χ0n) is 11.9. The van der Waals surface area contributed by atoms with E-state index in [0.717, 1.165) is 58.2 Å². The molecule has 0 aliphatic carbocycles. The molecule has 0 aromatic rings. The molecule has 0 unspecified atom stereocenters. The lowest BCUT2D eigenvalue weighted by molar-refractivity contribution is -0.142. The van der Waals surface area contributed by atoms with Crippen LogP contribution in [0.15, 0.2) is 0 Å². The minimum absolute atomic E-state index is 0.128. The summed E-state index contributed by atoms with van der Waals surface area (Å²) in [7, 11) is 1.92. The summed E-state index contributed by atoms with van der Waals surface area (Å²) in [6.07, 6.45) is 5.68. The van der Waals surface area contributed by atoms with Gasteiger partial charge in [0, 0.05) is 20.2 Å². The molecule has 0 spiro atoms. The number of carbonyl (C=O) groups excluding carboxylic acids is 1. The molecule has 0 saturated carbocycles. The van der Waals surface area contributed by atoms with Gasteiger partial charge in [0.05, 0.1) is 5.41 Å². The standard InChI is InChI=1S/C14H28N2O2/c1-3-14(7-9-15-10-8-14)13(18)16(2)11-5-4-6-12-17/h15,17H,3-12H2,1-2H3. The number of carbonyl (C=O) groups is 1. The van der Waals surface area contributed by atoms with Crippen molar-refractivity contribution >= 4 is 5.91 Å². The number of aliphatic hydroxyl groups is 1. The van der Waals surface area contributed by atoms with Crippen LogP contribution in [0.2, 0.25) is 0 Å². The van der Waals surface area contributed by atoms with Crippen LogP contribution in [0.4, 0.5) is 0 Å². The minimum Gasteiger partial charge on any atom is -0.396 e. The zero-order chi connectivity index (χ0) is 13.4. The summed E-state index contributed by atoms with van der Waals surface area (Å²) in [4.78, 5) is 14.5. The van der Waals surface area contributed by atoms with E-state index in [-0.39, 0.29) is 12.0 Å². The Bertz CT molecular complexity index is 250. The number of nitrogens with zero attached hydrogens (tertiary/aromatic N) is 1. The van der Waals surface area contributed by atoms with Gasteiger partial charge in [-0.05, 0) is 51.6 Å². The Kier molecular flexibility index (Phi) is 6.65. The van der Waals surface area contributed by atoms with Crippen LogP contribution in [-0.4, -0.2) is 49.2 Å². The molecule has 18 heavy (non-hydrogen) atoms. The number of rotatable bonds is 7. The summed E-state index contributed by atoms with van der Waals surface area (Å²) < 4.78 is 0. The highest BCUT2D eigenvalue weighted by atomic mass is 16.2.